The standard InChI is InChI=1S/C16H25N3O2/c1-4-13-7-5-6-8-14(13)10-18-16(21)19-11-15(20)17-9-12(2)3/h5-8,12H,4,9-11H2,1-3H3,(H,17,20)(H2,18,19,21). The number of rotatable bonds is 7. The molecule has 0 spiro atoms. The first-order valence-corrected chi connectivity index (χ1v) is 7.38. The first kappa shape index (κ1) is 17.0. The molecule has 3 N–H and O–H groups in total. The molecule has 5 nitrogen and oxygen atoms in total. The Morgan fingerprint density at radius 2 is 1.71 bits per heavy atom. The lowest BCUT2D eigenvalue weighted by molar-refractivity contribution is -0.120. The van der Waals surface area contributed by atoms with Crippen LogP contribution in [-0.2, 0) is 17.8 Å². The van der Waals surface area contributed by atoms with Gasteiger partial charge in [-0.3, -0.25) is 4.79 Å². The van der Waals surface area contributed by atoms with Crippen molar-refractivity contribution in [2.24, 2.45) is 5.92 Å². The number of benzene rings is 1. The lowest BCUT2D eigenvalue weighted by Gasteiger charge is -2.11. The smallest absolute Gasteiger partial charge is 0.315 e. The maximum absolute atomic E-state index is 11.7. The minimum atomic E-state index is -0.333. The fraction of sp³-hybridized carbons (Fsp3) is 0.500. The molecule has 0 atom stereocenters. The molecule has 0 aromatic heterocycles. The lowest BCUT2D eigenvalue weighted by Crippen LogP contribution is -2.42. The van der Waals surface area contributed by atoms with E-state index >= 15 is 0 Å². The van der Waals surface area contributed by atoms with Crippen molar-refractivity contribution in [3.8, 4) is 0 Å². The van der Waals surface area contributed by atoms with Gasteiger partial charge in [0.05, 0.1) is 6.54 Å². The van der Waals surface area contributed by atoms with Crippen molar-refractivity contribution in [1.82, 2.24) is 16.0 Å². The minimum absolute atomic E-state index is 0.00597. The molecule has 0 aliphatic heterocycles. The molecule has 0 aliphatic carbocycles. The van der Waals surface area contributed by atoms with Gasteiger partial charge in [-0.05, 0) is 23.5 Å². The van der Waals surface area contributed by atoms with E-state index in [1.165, 1.54) is 5.56 Å². The van der Waals surface area contributed by atoms with Crippen LogP contribution in [0.3, 0.4) is 0 Å². The second-order valence-corrected chi connectivity index (χ2v) is 5.36. The summed E-state index contributed by atoms with van der Waals surface area (Å²) in [5.74, 6) is 0.223. The van der Waals surface area contributed by atoms with Gasteiger partial charge in [0.25, 0.3) is 0 Å². The van der Waals surface area contributed by atoms with Crippen LogP contribution in [0.4, 0.5) is 4.79 Å². The number of carbonyl (C=O) groups excluding carboxylic acids is 2. The van der Waals surface area contributed by atoms with E-state index in [2.05, 4.69) is 22.9 Å². The summed E-state index contributed by atoms with van der Waals surface area (Å²) < 4.78 is 0. The third-order valence-corrected chi connectivity index (χ3v) is 3.06. The summed E-state index contributed by atoms with van der Waals surface area (Å²) >= 11 is 0. The number of aryl methyl sites for hydroxylation is 1. The summed E-state index contributed by atoms with van der Waals surface area (Å²) in [6, 6.07) is 7.65. The van der Waals surface area contributed by atoms with Crippen LogP contribution in [-0.4, -0.2) is 25.0 Å². The van der Waals surface area contributed by atoms with Gasteiger partial charge in [0, 0.05) is 13.1 Å². The van der Waals surface area contributed by atoms with Crippen molar-refractivity contribution in [2.75, 3.05) is 13.1 Å². The summed E-state index contributed by atoms with van der Waals surface area (Å²) in [6.07, 6.45) is 0.928. The van der Waals surface area contributed by atoms with Gasteiger partial charge in [-0.25, -0.2) is 4.79 Å². The number of carbonyl (C=O) groups is 2. The molecule has 0 radical (unpaired) electrons. The molecule has 21 heavy (non-hydrogen) atoms. The second-order valence-electron chi connectivity index (χ2n) is 5.36. The van der Waals surface area contributed by atoms with E-state index < -0.39 is 0 Å². The summed E-state index contributed by atoms with van der Waals surface area (Å²) in [7, 11) is 0. The van der Waals surface area contributed by atoms with E-state index in [1.807, 2.05) is 38.1 Å². The zero-order chi connectivity index (χ0) is 15.7. The van der Waals surface area contributed by atoms with Gasteiger partial charge in [0.15, 0.2) is 0 Å². The van der Waals surface area contributed by atoms with Crippen LogP contribution in [0.2, 0.25) is 0 Å². The SMILES string of the molecule is CCc1ccccc1CNC(=O)NCC(=O)NCC(C)C. The summed E-state index contributed by atoms with van der Waals surface area (Å²) in [4.78, 5) is 23.1. The van der Waals surface area contributed by atoms with Gasteiger partial charge in [0.1, 0.15) is 0 Å². The molecule has 1 aromatic rings. The summed E-state index contributed by atoms with van der Waals surface area (Å²) in [5, 5.41) is 8.06. The van der Waals surface area contributed by atoms with Crippen molar-refractivity contribution in [3.63, 3.8) is 0 Å². The Morgan fingerprint density at radius 1 is 1.05 bits per heavy atom. The van der Waals surface area contributed by atoms with Gasteiger partial charge in [-0.1, -0.05) is 45.0 Å². The number of amides is 3. The molecule has 1 aromatic carbocycles. The quantitative estimate of drug-likeness (QED) is 0.717. The maximum atomic E-state index is 11.7. The van der Waals surface area contributed by atoms with Gasteiger partial charge in [0.2, 0.25) is 5.91 Å². The number of hydrogen-bond donors (Lipinski definition) is 3. The van der Waals surface area contributed by atoms with Crippen LogP contribution in [0, 0.1) is 5.92 Å². The third kappa shape index (κ3) is 6.79. The predicted octanol–water partition coefficient (Wildman–Crippen LogP) is 1.82. The van der Waals surface area contributed by atoms with E-state index in [4.69, 9.17) is 0 Å². The average Bonchev–Trinajstić information content (AvgIpc) is 2.49. The highest BCUT2D eigenvalue weighted by molar-refractivity contribution is 5.83. The van der Waals surface area contributed by atoms with Gasteiger partial charge < -0.3 is 16.0 Å². The second kappa shape index (κ2) is 9.00. The van der Waals surface area contributed by atoms with Crippen LogP contribution in [0.5, 0.6) is 0 Å². The Morgan fingerprint density at radius 3 is 2.33 bits per heavy atom. The molecule has 0 bridgehead atoms. The number of nitrogens with one attached hydrogen (secondary N) is 3. The maximum Gasteiger partial charge on any atom is 0.315 e. The molecule has 3 amide bonds. The van der Waals surface area contributed by atoms with Crippen LogP contribution in [0.15, 0.2) is 24.3 Å². The van der Waals surface area contributed by atoms with Crippen molar-refractivity contribution in [3.05, 3.63) is 35.4 Å². The number of hydrogen-bond acceptors (Lipinski definition) is 2. The monoisotopic (exact) mass is 291 g/mol. The van der Waals surface area contributed by atoms with E-state index in [-0.39, 0.29) is 18.5 Å². The topological polar surface area (TPSA) is 70.2 Å². The van der Waals surface area contributed by atoms with E-state index in [1.54, 1.807) is 0 Å². The Bertz CT molecular complexity index is 472. The summed E-state index contributed by atoms with van der Waals surface area (Å²) in [5.41, 5.74) is 2.31. The van der Waals surface area contributed by atoms with Crippen molar-refractivity contribution in [2.45, 2.75) is 33.7 Å². The third-order valence-electron chi connectivity index (χ3n) is 3.06. The first-order valence-electron chi connectivity index (χ1n) is 7.38. The Balaban J connectivity index is 2.29. The van der Waals surface area contributed by atoms with Gasteiger partial charge in [-0.2, -0.15) is 0 Å². The van der Waals surface area contributed by atoms with Crippen molar-refractivity contribution >= 4 is 11.9 Å². The fourth-order valence-corrected chi connectivity index (χ4v) is 1.85. The van der Waals surface area contributed by atoms with Crippen LogP contribution >= 0.6 is 0 Å². The van der Waals surface area contributed by atoms with Crippen molar-refractivity contribution < 1.29 is 9.59 Å². The van der Waals surface area contributed by atoms with Crippen LogP contribution < -0.4 is 16.0 Å². The molecular weight excluding hydrogens is 266 g/mol. The predicted molar refractivity (Wildman–Crippen MR) is 83.9 cm³/mol. The Hall–Kier alpha value is -2.04. The molecule has 116 valence electrons. The molecule has 0 saturated heterocycles. The Labute approximate surface area is 126 Å². The van der Waals surface area contributed by atoms with E-state index in [0.717, 1.165) is 12.0 Å². The molecular formula is C16H25N3O2. The lowest BCUT2D eigenvalue weighted by atomic mass is 10.1. The van der Waals surface area contributed by atoms with Crippen LogP contribution in [0.25, 0.3) is 0 Å². The van der Waals surface area contributed by atoms with E-state index in [9.17, 15) is 9.59 Å². The number of urea groups is 1. The normalized spacial score (nSPS) is 10.3. The molecule has 5 heteroatoms. The first-order chi connectivity index (χ1) is 10.0. The van der Waals surface area contributed by atoms with Gasteiger partial charge in [-0.15, -0.1) is 0 Å². The van der Waals surface area contributed by atoms with E-state index in [0.29, 0.717) is 19.0 Å². The largest absolute Gasteiger partial charge is 0.354 e. The molecule has 1 rings (SSSR count). The fourth-order valence-electron chi connectivity index (χ4n) is 1.85. The molecule has 0 fully saturated rings. The minimum Gasteiger partial charge on any atom is -0.354 e. The highest BCUT2D eigenvalue weighted by Gasteiger charge is 2.06. The Kier molecular flexibility index (Phi) is 7.29. The highest BCUT2D eigenvalue weighted by Crippen LogP contribution is 2.08. The highest BCUT2D eigenvalue weighted by atomic mass is 16.2. The zero-order valence-electron chi connectivity index (χ0n) is 13.0. The summed E-state index contributed by atoms with van der Waals surface area (Å²) in [6.45, 7) is 7.19. The van der Waals surface area contributed by atoms with Crippen molar-refractivity contribution in [1.29, 1.82) is 0 Å². The van der Waals surface area contributed by atoms with Crippen LogP contribution in [0.1, 0.15) is 31.9 Å². The molecule has 0 aliphatic rings. The zero-order valence-corrected chi connectivity index (χ0v) is 13.0. The average molecular weight is 291 g/mol. The molecule has 0 saturated carbocycles. The molecule has 0 heterocycles. The molecule has 0 unspecified atom stereocenters. The van der Waals surface area contributed by atoms with Gasteiger partial charge >= 0.3 is 6.03 Å².